The lowest BCUT2D eigenvalue weighted by Gasteiger charge is -2.18. The summed E-state index contributed by atoms with van der Waals surface area (Å²) in [7, 11) is -3.14. The number of benzene rings is 1. The van der Waals surface area contributed by atoms with Gasteiger partial charge in [0.15, 0.2) is 0 Å². The van der Waals surface area contributed by atoms with Crippen LogP contribution >= 0.6 is 11.6 Å². The van der Waals surface area contributed by atoms with Gasteiger partial charge in [-0.15, -0.1) is 0 Å². The Hall–Kier alpha value is -0.860. The van der Waals surface area contributed by atoms with Crippen LogP contribution in [0.2, 0.25) is 5.02 Å². The first-order valence-corrected chi connectivity index (χ1v) is 7.23. The number of ether oxygens (including phenoxy) is 1. The van der Waals surface area contributed by atoms with Crippen molar-refractivity contribution in [1.29, 1.82) is 0 Å². The van der Waals surface area contributed by atoms with Gasteiger partial charge in [-0.05, 0) is 30.7 Å². The van der Waals surface area contributed by atoms with Crippen molar-refractivity contribution in [2.45, 2.75) is 13.0 Å². The predicted molar refractivity (Wildman–Crippen MR) is 71.9 cm³/mol. The van der Waals surface area contributed by atoms with Crippen LogP contribution in [0.15, 0.2) is 18.2 Å². The van der Waals surface area contributed by atoms with E-state index < -0.39 is 16.4 Å². The lowest BCUT2D eigenvalue weighted by atomic mass is 10.2. The number of halogens is 1. The van der Waals surface area contributed by atoms with Crippen molar-refractivity contribution in [2.24, 2.45) is 0 Å². The lowest BCUT2D eigenvalue weighted by Crippen LogP contribution is -2.36. The number of aliphatic hydroxyl groups is 1. The first kappa shape index (κ1) is 16.2. The highest BCUT2D eigenvalue weighted by Crippen LogP contribution is 2.21. The van der Waals surface area contributed by atoms with Crippen LogP contribution in [-0.4, -0.2) is 48.7 Å². The molecule has 1 atom stereocenters. The second-order valence-electron chi connectivity index (χ2n) is 4.13. The first-order chi connectivity index (χ1) is 8.70. The van der Waals surface area contributed by atoms with Gasteiger partial charge in [0.1, 0.15) is 18.5 Å². The highest BCUT2D eigenvalue weighted by molar-refractivity contribution is 7.83. The molecule has 1 rings (SSSR count). The molecule has 0 fully saturated rings. The molecular formula is C11H16ClNO5S. The lowest BCUT2D eigenvalue weighted by molar-refractivity contribution is 0.0918. The molecule has 108 valence electrons. The van der Waals surface area contributed by atoms with Crippen molar-refractivity contribution >= 4 is 21.9 Å². The van der Waals surface area contributed by atoms with Crippen LogP contribution in [0.4, 0.5) is 0 Å². The van der Waals surface area contributed by atoms with Gasteiger partial charge >= 0.3 is 10.3 Å². The Morgan fingerprint density at radius 3 is 2.63 bits per heavy atom. The minimum absolute atomic E-state index is 0.0963. The van der Waals surface area contributed by atoms with E-state index >= 15 is 0 Å². The maximum atomic E-state index is 10.7. The average molecular weight is 310 g/mol. The van der Waals surface area contributed by atoms with Crippen molar-refractivity contribution in [3.63, 3.8) is 0 Å². The van der Waals surface area contributed by atoms with Crippen molar-refractivity contribution in [3.05, 3.63) is 28.8 Å². The molecule has 0 saturated heterocycles. The van der Waals surface area contributed by atoms with E-state index in [1.54, 1.807) is 18.2 Å². The summed E-state index contributed by atoms with van der Waals surface area (Å²) in [5.41, 5.74) is 0.837. The average Bonchev–Trinajstić information content (AvgIpc) is 2.29. The van der Waals surface area contributed by atoms with Crippen molar-refractivity contribution < 1.29 is 22.8 Å². The van der Waals surface area contributed by atoms with Crippen LogP contribution in [-0.2, 0) is 10.3 Å². The number of aliphatic hydroxyl groups excluding tert-OH is 1. The monoisotopic (exact) mass is 309 g/mol. The zero-order valence-electron chi connectivity index (χ0n) is 10.6. The second-order valence-corrected chi connectivity index (χ2v) is 6.06. The fourth-order valence-electron chi connectivity index (χ4n) is 1.34. The molecule has 0 bridgehead atoms. The Morgan fingerprint density at radius 1 is 1.47 bits per heavy atom. The van der Waals surface area contributed by atoms with Gasteiger partial charge in [-0.25, -0.2) is 0 Å². The molecule has 19 heavy (non-hydrogen) atoms. The number of hydrogen-bond acceptors (Lipinski definition) is 4. The third-order valence-corrected chi connectivity index (χ3v) is 3.79. The summed E-state index contributed by atoms with van der Waals surface area (Å²) in [5.74, 6) is 0.524. The largest absolute Gasteiger partial charge is 0.491 e. The third-order valence-electron chi connectivity index (χ3n) is 2.43. The molecule has 0 aromatic heterocycles. The molecule has 2 N–H and O–H groups in total. The fourth-order valence-corrected chi connectivity index (χ4v) is 1.82. The highest BCUT2D eigenvalue weighted by atomic mass is 35.5. The van der Waals surface area contributed by atoms with Crippen LogP contribution in [0, 0.1) is 6.92 Å². The van der Waals surface area contributed by atoms with Gasteiger partial charge in [0, 0.05) is 18.6 Å². The Morgan fingerprint density at radius 2 is 2.11 bits per heavy atom. The Balaban J connectivity index is 2.50. The molecular weight excluding hydrogens is 294 g/mol. The topological polar surface area (TPSA) is 87.1 Å². The smallest absolute Gasteiger partial charge is 0.335 e. The van der Waals surface area contributed by atoms with E-state index in [9.17, 15) is 13.5 Å². The van der Waals surface area contributed by atoms with Crippen molar-refractivity contribution in [2.75, 3.05) is 20.2 Å². The molecule has 0 spiro atoms. The number of rotatable bonds is 6. The van der Waals surface area contributed by atoms with Gasteiger partial charge in [0.2, 0.25) is 0 Å². The third kappa shape index (κ3) is 5.33. The van der Waals surface area contributed by atoms with Crippen molar-refractivity contribution in [1.82, 2.24) is 4.31 Å². The van der Waals surface area contributed by atoms with E-state index in [2.05, 4.69) is 0 Å². The molecule has 6 nitrogen and oxygen atoms in total. The zero-order chi connectivity index (χ0) is 14.6. The first-order valence-electron chi connectivity index (χ1n) is 5.46. The van der Waals surface area contributed by atoms with E-state index in [0.29, 0.717) is 15.1 Å². The Kier molecular flexibility index (Phi) is 5.57. The minimum Gasteiger partial charge on any atom is -0.491 e. The molecule has 1 aromatic rings. The van der Waals surface area contributed by atoms with E-state index in [0.717, 1.165) is 12.6 Å². The van der Waals surface area contributed by atoms with Crippen LogP contribution in [0.3, 0.4) is 0 Å². The number of nitrogens with zero attached hydrogens (tertiary/aromatic N) is 1. The van der Waals surface area contributed by atoms with Gasteiger partial charge < -0.3 is 9.84 Å². The molecule has 0 aliphatic rings. The highest BCUT2D eigenvalue weighted by Gasteiger charge is 2.18. The van der Waals surface area contributed by atoms with E-state index in [-0.39, 0.29) is 13.2 Å². The summed E-state index contributed by atoms with van der Waals surface area (Å²) in [6, 6.07) is 5.03. The molecule has 0 amide bonds. The maximum absolute atomic E-state index is 10.7. The summed E-state index contributed by atoms with van der Waals surface area (Å²) in [6.07, 6.45) is -1.05. The summed E-state index contributed by atoms with van der Waals surface area (Å²) >= 11 is 5.86. The van der Waals surface area contributed by atoms with Crippen molar-refractivity contribution in [3.8, 4) is 5.75 Å². The van der Waals surface area contributed by atoms with E-state index in [4.69, 9.17) is 20.9 Å². The Labute approximate surface area is 117 Å². The van der Waals surface area contributed by atoms with Crippen LogP contribution in [0.5, 0.6) is 5.75 Å². The number of aryl methyl sites for hydroxylation is 1. The van der Waals surface area contributed by atoms with Gasteiger partial charge in [-0.1, -0.05) is 11.6 Å². The summed E-state index contributed by atoms with van der Waals surface area (Å²) in [4.78, 5) is 0. The number of likely N-dealkylation sites (N-methyl/N-ethyl adjacent to an activating group) is 1. The number of hydrogen-bond donors (Lipinski definition) is 2. The molecule has 8 heteroatoms. The van der Waals surface area contributed by atoms with Gasteiger partial charge in [-0.2, -0.15) is 12.7 Å². The summed E-state index contributed by atoms with van der Waals surface area (Å²) in [6.45, 7) is 1.46. The van der Waals surface area contributed by atoms with Crippen LogP contribution in [0.25, 0.3) is 0 Å². The summed E-state index contributed by atoms with van der Waals surface area (Å²) < 4.78 is 36.1. The maximum Gasteiger partial charge on any atom is 0.335 e. The standard InChI is InChI=1S/C11H16ClNO5S/c1-8-5-10(3-4-11(8)12)18-7-9(14)6-13(2)19(15,16)17/h3-5,9,14H,6-7H2,1-2H3,(H,15,16,17)/t9-/m0/s1. The minimum atomic E-state index is -4.29. The van der Waals surface area contributed by atoms with E-state index in [1.807, 2.05) is 6.92 Å². The summed E-state index contributed by atoms with van der Waals surface area (Å²) in [5, 5.41) is 10.2. The molecule has 1 aromatic carbocycles. The van der Waals surface area contributed by atoms with Crippen LogP contribution in [0.1, 0.15) is 5.56 Å². The molecule has 0 aliphatic heterocycles. The van der Waals surface area contributed by atoms with E-state index in [1.165, 1.54) is 0 Å². The quantitative estimate of drug-likeness (QED) is 0.769. The van der Waals surface area contributed by atoms with Gasteiger partial charge in [-0.3, -0.25) is 4.55 Å². The molecule has 0 heterocycles. The second kappa shape index (κ2) is 6.53. The molecule has 0 radical (unpaired) electrons. The SMILES string of the molecule is Cc1cc(OC[C@@H](O)CN(C)S(=O)(=O)O)ccc1Cl. The van der Waals surface area contributed by atoms with Gasteiger partial charge in [0.25, 0.3) is 0 Å². The van der Waals surface area contributed by atoms with Crippen LogP contribution < -0.4 is 4.74 Å². The molecule has 0 aliphatic carbocycles. The predicted octanol–water partition coefficient (Wildman–Crippen LogP) is 1.12. The Bertz CT molecular complexity index is 534. The fraction of sp³-hybridized carbons (Fsp3) is 0.455. The molecule has 0 saturated carbocycles. The van der Waals surface area contributed by atoms with Gasteiger partial charge in [0.05, 0.1) is 0 Å². The zero-order valence-corrected chi connectivity index (χ0v) is 12.1. The normalized spacial score (nSPS) is 13.6. The molecule has 0 unspecified atom stereocenters.